The van der Waals surface area contributed by atoms with E-state index in [-0.39, 0.29) is 6.04 Å². The summed E-state index contributed by atoms with van der Waals surface area (Å²) in [5.74, 6) is 0. The summed E-state index contributed by atoms with van der Waals surface area (Å²) >= 11 is 1.76. The van der Waals surface area contributed by atoms with Crippen molar-refractivity contribution in [2.24, 2.45) is 5.73 Å². The lowest BCUT2D eigenvalue weighted by Crippen LogP contribution is -2.15. The molecule has 1 aromatic rings. The predicted molar refractivity (Wildman–Crippen MR) is 56.4 cm³/mol. The van der Waals surface area contributed by atoms with Gasteiger partial charge in [-0.2, -0.15) is 0 Å². The van der Waals surface area contributed by atoms with E-state index < -0.39 is 0 Å². The zero-order chi connectivity index (χ0) is 9.14. The highest BCUT2D eigenvalue weighted by Gasteiger charge is 1.99. The van der Waals surface area contributed by atoms with Crippen molar-refractivity contribution >= 4 is 17.4 Å². The second kappa shape index (κ2) is 3.87. The van der Waals surface area contributed by atoms with Crippen LogP contribution in [0.1, 0.15) is 24.3 Å². The normalized spacial score (nSPS) is 14.8. The molecule has 0 saturated heterocycles. The molecule has 12 heavy (non-hydrogen) atoms. The van der Waals surface area contributed by atoms with Crippen LogP contribution in [0.4, 0.5) is 0 Å². The first-order valence-electron chi connectivity index (χ1n) is 4.09. The van der Waals surface area contributed by atoms with Crippen LogP contribution in [0.15, 0.2) is 17.0 Å². The molecular weight excluding hydrogens is 166 g/mol. The summed E-state index contributed by atoms with van der Waals surface area (Å²) in [5.41, 5.74) is 8.31. The molecule has 0 saturated carbocycles. The van der Waals surface area contributed by atoms with Gasteiger partial charge in [-0.1, -0.05) is 5.57 Å². The van der Waals surface area contributed by atoms with Gasteiger partial charge >= 0.3 is 0 Å². The van der Waals surface area contributed by atoms with Crippen LogP contribution in [0.5, 0.6) is 0 Å². The number of nitrogens with two attached hydrogens (primary N) is 1. The zero-order valence-corrected chi connectivity index (χ0v) is 8.61. The van der Waals surface area contributed by atoms with Gasteiger partial charge in [-0.15, -0.1) is 11.3 Å². The first-order chi connectivity index (χ1) is 5.61. The Labute approximate surface area is 77.9 Å². The number of hydrogen-bond acceptors (Lipinski definition) is 2. The van der Waals surface area contributed by atoms with Crippen molar-refractivity contribution in [1.82, 2.24) is 0 Å². The third-order valence-electron chi connectivity index (χ3n) is 1.98. The Hall–Kier alpha value is -0.600. The molecule has 1 rings (SSSR count). The maximum atomic E-state index is 5.74. The first kappa shape index (κ1) is 9.49. The van der Waals surface area contributed by atoms with Crippen molar-refractivity contribution in [3.8, 4) is 0 Å². The van der Waals surface area contributed by atoms with E-state index in [1.165, 1.54) is 16.0 Å². The van der Waals surface area contributed by atoms with E-state index in [1.807, 2.05) is 6.92 Å². The summed E-state index contributed by atoms with van der Waals surface area (Å²) in [7, 11) is 0. The summed E-state index contributed by atoms with van der Waals surface area (Å²) in [6.45, 7) is 6.20. The first-order valence-corrected chi connectivity index (χ1v) is 4.97. The van der Waals surface area contributed by atoms with Crippen molar-refractivity contribution in [1.29, 1.82) is 0 Å². The number of aryl methyl sites for hydroxylation is 1. The Balaban J connectivity index is 2.87. The molecule has 1 unspecified atom stereocenters. The summed E-state index contributed by atoms with van der Waals surface area (Å²) in [4.78, 5) is 1.32. The van der Waals surface area contributed by atoms with Crippen molar-refractivity contribution < 1.29 is 0 Å². The Bertz CT molecular complexity index is 284. The number of rotatable bonds is 2. The van der Waals surface area contributed by atoms with Gasteiger partial charge in [0.25, 0.3) is 0 Å². The fourth-order valence-corrected chi connectivity index (χ4v) is 1.80. The van der Waals surface area contributed by atoms with E-state index in [0.717, 1.165) is 0 Å². The largest absolute Gasteiger partial charge is 0.324 e. The molecule has 66 valence electrons. The van der Waals surface area contributed by atoms with E-state index >= 15 is 0 Å². The van der Waals surface area contributed by atoms with Gasteiger partial charge in [-0.05, 0) is 43.9 Å². The number of thiophene rings is 1. The Morgan fingerprint density at radius 1 is 1.67 bits per heavy atom. The van der Waals surface area contributed by atoms with E-state index in [4.69, 9.17) is 5.73 Å². The van der Waals surface area contributed by atoms with Crippen LogP contribution in [0.2, 0.25) is 0 Å². The number of hydrogen-bond donors (Lipinski definition) is 1. The van der Waals surface area contributed by atoms with Crippen molar-refractivity contribution in [2.75, 3.05) is 0 Å². The lowest BCUT2D eigenvalue weighted by Gasteiger charge is -2.04. The minimum Gasteiger partial charge on any atom is -0.324 e. The molecule has 2 heteroatoms. The second-order valence-electron chi connectivity index (χ2n) is 3.14. The Morgan fingerprint density at radius 3 is 2.75 bits per heavy atom. The molecule has 1 heterocycles. The van der Waals surface area contributed by atoms with Gasteiger partial charge in [0.15, 0.2) is 0 Å². The van der Waals surface area contributed by atoms with Crippen molar-refractivity contribution in [2.45, 2.75) is 26.8 Å². The summed E-state index contributed by atoms with van der Waals surface area (Å²) in [6.07, 6.45) is 2.17. The molecule has 0 aliphatic rings. The third kappa shape index (κ3) is 2.19. The Morgan fingerprint density at radius 2 is 2.33 bits per heavy atom. The second-order valence-corrected chi connectivity index (χ2v) is 4.09. The third-order valence-corrected chi connectivity index (χ3v) is 2.94. The van der Waals surface area contributed by atoms with Crippen LogP contribution in [0, 0.1) is 6.92 Å². The minimum atomic E-state index is 0.159. The van der Waals surface area contributed by atoms with E-state index in [1.54, 1.807) is 11.3 Å². The summed E-state index contributed by atoms with van der Waals surface area (Å²) in [5, 5.41) is 2.11. The van der Waals surface area contributed by atoms with Gasteiger partial charge in [0.05, 0.1) is 0 Å². The van der Waals surface area contributed by atoms with Crippen LogP contribution < -0.4 is 5.73 Å². The molecule has 0 amide bonds. The van der Waals surface area contributed by atoms with Gasteiger partial charge in [-0.25, -0.2) is 0 Å². The highest BCUT2D eigenvalue weighted by Crippen LogP contribution is 2.19. The van der Waals surface area contributed by atoms with Gasteiger partial charge in [-0.3, -0.25) is 0 Å². The van der Waals surface area contributed by atoms with Crippen LogP contribution in [0.25, 0.3) is 6.08 Å². The van der Waals surface area contributed by atoms with Gasteiger partial charge < -0.3 is 5.73 Å². The molecular formula is C10H15NS. The molecule has 0 aliphatic carbocycles. The highest BCUT2D eigenvalue weighted by atomic mass is 32.1. The lowest BCUT2D eigenvalue weighted by atomic mass is 10.1. The molecule has 2 N–H and O–H groups in total. The smallest absolute Gasteiger partial charge is 0.0299 e. The maximum absolute atomic E-state index is 5.74. The van der Waals surface area contributed by atoms with E-state index in [9.17, 15) is 0 Å². The topological polar surface area (TPSA) is 26.0 Å². The Kier molecular flexibility index (Phi) is 3.06. The van der Waals surface area contributed by atoms with Crippen molar-refractivity contribution in [3.63, 3.8) is 0 Å². The minimum absolute atomic E-state index is 0.159. The quantitative estimate of drug-likeness (QED) is 0.746. The average Bonchev–Trinajstić information content (AvgIpc) is 2.36. The van der Waals surface area contributed by atoms with Gasteiger partial charge in [0.2, 0.25) is 0 Å². The van der Waals surface area contributed by atoms with Crippen LogP contribution >= 0.6 is 11.3 Å². The average molecular weight is 181 g/mol. The fourth-order valence-electron chi connectivity index (χ4n) is 0.871. The molecule has 1 atom stereocenters. The van der Waals surface area contributed by atoms with Crippen LogP contribution in [-0.2, 0) is 0 Å². The molecule has 0 aromatic carbocycles. The SMILES string of the molecule is C/C(=C\c1sccc1C)C(C)N. The van der Waals surface area contributed by atoms with Gasteiger partial charge in [0, 0.05) is 10.9 Å². The van der Waals surface area contributed by atoms with E-state index in [0.29, 0.717) is 0 Å². The lowest BCUT2D eigenvalue weighted by molar-refractivity contribution is 0.868. The molecule has 1 aromatic heterocycles. The predicted octanol–water partition coefficient (Wildman–Crippen LogP) is 2.81. The molecule has 1 nitrogen and oxygen atoms in total. The molecule has 0 aliphatic heterocycles. The van der Waals surface area contributed by atoms with Crippen molar-refractivity contribution in [3.05, 3.63) is 27.5 Å². The van der Waals surface area contributed by atoms with Crippen LogP contribution in [-0.4, -0.2) is 6.04 Å². The summed E-state index contributed by atoms with van der Waals surface area (Å²) in [6, 6.07) is 2.29. The standard InChI is InChI=1S/C10H15NS/c1-7-4-5-12-10(7)6-8(2)9(3)11/h4-6,9H,11H2,1-3H3/b8-6+. The fraction of sp³-hybridized carbons (Fsp3) is 0.400. The van der Waals surface area contributed by atoms with Crippen LogP contribution in [0.3, 0.4) is 0 Å². The molecule has 0 spiro atoms. The van der Waals surface area contributed by atoms with Gasteiger partial charge in [0.1, 0.15) is 0 Å². The molecule has 0 radical (unpaired) electrons. The molecule has 0 bridgehead atoms. The maximum Gasteiger partial charge on any atom is 0.0299 e. The zero-order valence-electron chi connectivity index (χ0n) is 7.79. The highest BCUT2D eigenvalue weighted by molar-refractivity contribution is 7.11. The molecule has 0 fully saturated rings. The monoisotopic (exact) mass is 181 g/mol. The summed E-state index contributed by atoms with van der Waals surface area (Å²) < 4.78 is 0. The van der Waals surface area contributed by atoms with E-state index in [2.05, 4.69) is 31.4 Å².